The van der Waals surface area contributed by atoms with Gasteiger partial charge in [0.15, 0.2) is 0 Å². The quantitative estimate of drug-likeness (QED) is 0.820. The van der Waals surface area contributed by atoms with Crippen LogP contribution in [0.3, 0.4) is 0 Å². The summed E-state index contributed by atoms with van der Waals surface area (Å²) in [6, 6.07) is 8.44. The van der Waals surface area contributed by atoms with Gasteiger partial charge in [0.05, 0.1) is 25.9 Å². The summed E-state index contributed by atoms with van der Waals surface area (Å²) >= 11 is 0. The van der Waals surface area contributed by atoms with Gasteiger partial charge in [-0.3, -0.25) is 9.69 Å². The van der Waals surface area contributed by atoms with Crippen molar-refractivity contribution in [2.75, 3.05) is 32.8 Å². The molecule has 138 valence electrons. The number of nitrogens with one attached hydrogen (secondary N) is 1. The van der Waals surface area contributed by atoms with E-state index in [2.05, 4.69) is 29.3 Å². The van der Waals surface area contributed by atoms with Gasteiger partial charge in [-0.25, -0.2) is 0 Å². The Hall–Kier alpha value is -1.43. The third-order valence-corrected chi connectivity index (χ3v) is 5.63. The normalized spacial score (nSPS) is 27.4. The van der Waals surface area contributed by atoms with Crippen molar-refractivity contribution >= 4 is 5.91 Å². The maximum absolute atomic E-state index is 12.4. The smallest absolute Gasteiger partial charge is 0.234 e. The Bertz CT molecular complexity index is 578. The van der Waals surface area contributed by atoms with Crippen molar-refractivity contribution in [3.8, 4) is 0 Å². The van der Waals surface area contributed by atoms with E-state index in [0.717, 1.165) is 32.2 Å². The number of aliphatic hydroxyl groups excluding tert-OH is 1. The van der Waals surface area contributed by atoms with E-state index in [1.807, 2.05) is 12.1 Å². The highest BCUT2D eigenvalue weighted by Crippen LogP contribution is 2.32. The van der Waals surface area contributed by atoms with Crippen molar-refractivity contribution in [3.63, 3.8) is 0 Å². The Morgan fingerprint density at radius 3 is 2.96 bits per heavy atom. The van der Waals surface area contributed by atoms with Crippen LogP contribution >= 0.6 is 0 Å². The summed E-state index contributed by atoms with van der Waals surface area (Å²) in [6.07, 6.45) is 3.57. The average molecular weight is 346 g/mol. The number of amides is 1. The maximum Gasteiger partial charge on any atom is 0.234 e. The van der Waals surface area contributed by atoms with E-state index < -0.39 is 0 Å². The van der Waals surface area contributed by atoms with Crippen molar-refractivity contribution in [3.05, 3.63) is 35.4 Å². The Kier molecular flexibility index (Phi) is 6.45. The van der Waals surface area contributed by atoms with Crippen molar-refractivity contribution in [1.29, 1.82) is 0 Å². The molecular weight excluding hydrogens is 316 g/mol. The molecule has 0 bridgehead atoms. The molecule has 1 aromatic rings. The first kappa shape index (κ1) is 18.4. The number of aryl methyl sites for hydroxylation is 1. The van der Waals surface area contributed by atoms with Crippen LogP contribution in [0.1, 0.15) is 30.4 Å². The minimum absolute atomic E-state index is 0.0629. The van der Waals surface area contributed by atoms with Crippen LogP contribution in [0, 0.1) is 12.8 Å². The fourth-order valence-electron chi connectivity index (χ4n) is 4.13. The molecule has 1 aromatic carbocycles. The molecular formula is C20H30N2O3. The first-order valence-corrected chi connectivity index (χ1v) is 9.46. The van der Waals surface area contributed by atoms with Crippen LogP contribution in [-0.2, 0) is 16.0 Å². The van der Waals surface area contributed by atoms with E-state index in [0.29, 0.717) is 26.3 Å². The summed E-state index contributed by atoms with van der Waals surface area (Å²) in [4.78, 5) is 14.6. The molecule has 1 amide bonds. The lowest BCUT2D eigenvalue weighted by Gasteiger charge is -2.39. The van der Waals surface area contributed by atoms with Gasteiger partial charge in [-0.05, 0) is 37.3 Å². The predicted octanol–water partition coefficient (Wildman–Crippen LogP) is 1.52. The molecule has 1 saturated heterocycles. The first-order valence-electron chi connectivity index (χ1n) is 9.46. The molecule has 5 heteroatoms. The summed E-state index contributed by atoms with van der Waals surface area (Å²) in [5, 5.41) is 13.2. The second kappa shape index (κ2) is 8.79. The Labute approximate surface area is 150 Å². The second-order valence-corrected chi connectivity index (χ2v) is 7.30. The van der Waals surface area contributed by atoms with Crippen LogP contribution in [0.2, 0.25) is 0 Å². The summed E-state index contributed by atoms with van der Waals surface area (Å²) in [5.41, 5.74) is 2.54. The zero-order valence-electron chi connectivity index (χ0n) is 15.1. The summed E-state index contributed by atoms with van der Waals surface area (Å²) in [7, 11) is 0. The zero-order valence-corrected chi connectivity index (χ0v) is 15.1. The number of nitrogens with zero attached hydrogens (tertiary/aromatic N) is 1. The summed E-state index contributed by atoms with van der Waals surface area (Å²) < 4.78 is 5.62. The zero-order chi connectivity index (χ0) is 17.6. The molecule has 1 saturated carbocycles. The predicted molar refractivity (Wildman–Crippen MR) is 97.4 cm³/mol. The molecule has 1 heterocycles. The monoisotopic (exact) mass is 346 g/mol. The van der Waals surface area contributed by atoms with Gasteiger partial charge >= 0.3 is 0 Å². The van der Waals surface area contributed by atoms with Crippen molar-refractivity contribution in [2.45, 2.75) is 44.8 Å². The van der Waals surface area contributed by atoms with Gasteiger partial charge < -0.3 is 15.2 Å². The fraction of sp³-hybridized carbons (Fsp3) is 0.650. The molecule has 0 unspecified atom stereocenters. The number of morpholine rings is 1. The van der Waals surface area contributed by atoms with Crippen molar-refractivity contribution in [1.82, 2.24) is 10.2 Å². The molecule has 1 aliphatic carbocycles. The van der Waals surface area contributed by atoms with E-state index in [1.54, 1.807) is 0 Å². The van der Waals surface area contributed by atoms with Gasteiger partial charge in [-0.1, -0.05) is 30.7 Å². The topological polar surface area (TPSA) is 61.8 Å². The number of ether oxygens (including phenoxy) is 1. The standard InChI is InChI=1S/C20H30N2O3/c1-15-5-2-3-6-16(15)9-10-21-20(24)13-22-11-12-25-14-18(22)17-7-4-8-19(17)23/h2-3,5-6,17-19,23H,4,7-14H2,1H3,(H,21,24)/t17-,18-,19+/m1/s1. The molecule has 0 spiro atoms. The number of aliphatic hydroxyl groups is 1. The van der Waals surface area contributed by atoms with Gasteiger partial charge in [0.25, 0.3) is 0 Å². The molecule has 5 nitrogen and oxygen atoms in total. The third kappa shape index (κ3) is 4.81. The number of rotatable bonds is 6. The van der Waals surface area contributed by atoms with Crippen molar-refractivity contribution in [2.24, 2.45) is 5.92 Å². The number of hydrogen-bond acceptors (Lipinski definition) is 4. The van der Waals surface area contributed by atoms with E-state index in [4.69, 9.17) is 4.74 Å². The third-order valence-electron chi connectivity index (χ3n) is 5.63. The molecule has 0 radical (unpaired) electrons. The Balaban J connectivity index is 1.48. The summed E-state index contributed by atoms with van der Waals surface area (Å²) in [5.74, 6) is 0.299. The summed E-state index contributed by atoms with van der Waals surface area (Å²) in [6.45, 7) is 5.20. The van der Waals surface area contributed by atoms with E-state index in [-0.39, 0.29) is 24.0 Å². The van der Waals surface area contributed by atoms with Gasteiger partial charge in [0.2, 0.25) is 5.91 Å². The van der Waals surface area contributed by atoms with Crippen LogP contribution in [0.5, 0.6) is 0 Å². The number of carbonyl (C=O) groups is 1. The molecule has 0 aromatic heterocycles. The highest BCUT2D eigenvalue weighted by Gasteiger charge is 2.38. The van der Waals surface area contributed by atoms with E-state index >= 15 is 0 Å². The van der Waals surface area contributed by atoms with Crippen molar-refractivity contribution < 1.29 is 14.6 Å². The molecule has 2 N–H and O–H groups in total. The van der Waals surface area contributed by atoms with Gasteiger partial charge in [0.1, 0.15) is 0 Å². The lowest BCUT2D eigenvalue weighted by molar-refractivity contribution is -0.126. The lowest BCUT2D eigenvalue weighted by atomic mass is 9.94. The van der Waals surface area contributed by atoms with Gasteiger partial charge in [-0.2, -0.15) is 0 Å². The molecule has 1 aliphatic heterocycles. The minimum atomic E-state index is -0.252. The first-order chi connectivity index (χ1) is 12.1. The average Bonchev–Trinajstić information content (AvgIpc) is 3.03. The van der Waals surface area contributed by atoms with E-state index in [1.165, 1.54) is 11.1 Å². The van der Waals surface area contributed by atoms with Crippen LogP contribution in [0.15, 0.2) is 24.3 Å². The van der Waals surface area contributed by atoms with Crippen LogP contribution in [-0.4, -0.2) is 60.9 Å². The molecule has 3 rings (SSSR count). The van der Waals surface area contributed by atoms with Gasteiger partial charge in [0, 0.05) is 25.0 Å². The molecule has 3 atom stereocenters. The fourth-order valence-corrected chi connectivity index (χ4v) is 4.13. The Morgan fingerprint density at radius 2 is 2.20 bits per heavy atom. The molecule has 2 fully saturated rings. The highest BCUT2D eigenvalue weighted by molar-refractivity contribution is 5.78. The number of carbonyl (C=O) groups excluding carboxylic acids is 1. The number of benzene rings is 1. The SMILES string of the molecule is Cc1ccccc1CCNC(=O)CN1CCOC[C@@H]1[C@H]1CCC[C@@H]1O. The minimum Gasteiger partial charge on any atom is -0.393 e. The highest BCUT2D eigenvalue weighted by atomic mass is 16.5. The number of hydrogen-bond donors (Lipinski definition) is 2. The molecule has 2 aliphatic rings. The second-order valence-electron chi connectivity index (χ2n) is 7.30. The Morgan fingerprint density at radius 1 is 1.36 bits per heavy atom. The largest absolute Gasteiger partial charge is 0.393 e. The van der Waals surface area contributed by atoms with Crippen LogP contribution < -0.4 is 5.32 Å². The maximum atomic E-state index is 12.4. The molecule has 25 heavy (non-hydrogen) atoms. The van der Waals surface area contributed by atoms with E-state index in [9.17, 15) is 9.90 Å². The van der Waals surface area contributed by atoms with Gasteiger partial charge in [-0.15, -0.1) is 0 Å². The van der Waals surface area contributed by atoms with Crippen LogP contribution in [0.25, 0.3) is 0 Å². The lowest BCUT2D eigenvalue weighted by Crippen LogP contribution is -2.54. The van der Waals surface area contributed by atoms with Crippen LogP contribution in [0.4, 0.5) is 0 Å².